The van der Waals surface area contributed by atoms with E-state index in [2.05, 4.69) is 0 Å². The lowest BCUT2D eigenvalue weighted by Crippen LogP contribution is -2.31. The van der Waals surface area contributed by atoms with Gasteiger partial charge in [-0.2, -0.15) is 0 Å². The van der Waals surface area contributed by atoms with Gasteiger partial charge in [0.2, 0.25) is 0 Å². The molecule has 1 aliphatic carbocycles. The Morgan fingerprint density at radius 3 is 2.53 bits per heavy atom. The van der Waals surface area contributed by atoms with Gasteiger partial charge in [0.1, 0.15) is 5.76 Å². The van der Waals surface area contributed by atoms with E-state index in [1.54, 1.807) is 6.08 Å². The Morgan fingerprint density at radius 1 is 1.29 bits per heavy atom. The van der Waals surface area contributed by atoms with E-state index in [4.69, 9.17) is 9.47 Å². The second kappa shape index (κ2) is 6.19. The minimum Gasteiger partial charge on any atom is -0.498 e. The Kier molecular flexibility index (Phi) is 5.18. The first kappa shape index (κ1) is 14.2. The number of hydrogen-bond donors (Lipinski definition) is 2. The molecule has 1 aliphatic rings. The molecular formula is C13H22O4. The fourth-order valence-corrected chi connectivity index (χ4v) is 1.94. The summed E-state index contributed by atoms with van der Waals surface area (Å²) >= 11 is 0. The van der Waals surface area contributed by atoms with Crippen LogP contribution in [0.5, 0.6) is 0 Å². The highest BCUT2D eigenvalue weighted by Crippen LogP contribution is 2.29. The minimum atomic E-state index is -1.81. The SMILES string of the molecule is CCOC1=C(C(CC)OCC)C=CC(O)(O)C1. The predicted molar refractivity (Wildman–Crippen MR) is 65.3 cm³/mol. The van der Waals surface area contributed by atoms with Crippen LogP contribution in [0.4, 0.5) is 0 Å². The van der Waals surface area contributed by atoms with Gasteiger partial charge in [-0.3, -0.25) is 0 Å². The molecular weight excluding hydrogens is 220 g/mol. The Morgan fingerprint density at radius 2 is 2.00 bits per heavy atom. The molecule has 0 saturated heterocycles. The summed E-state index contributed by atoms with van der Waals surface area (Å²) < 4.78 is 11.1. The molecule has 0 heterocycles. The molecule has 0 bridgehead atoms. The lowest BCUT2D eigenvalue weighted by atomic mass is 9.95. The molecule has 0 aromatic heterocycles. The van der Waals surface area contributed by atoms with E-state index in [1.807, 2.05) is 20.8 Å². The van der Waals surface area contributed by atoms with Gasteiger partial charge in [0, 0.05) is 12.2 Å². The maximum absolute atomic E-state index is 9.59. The minimum absolute atomic E-state index is 0.0473. The van der Waals surface area contributed by atoms with Crippen LogP contribution in [0.2, 0.25) is 0 Å². The molecule has 0 radical (unpaired) electrons. The second-order valence-electron chi connectivity index (χ2n) is 4.05. The van der Waals surface area contributed by atoms with Gasteiger partial charge in [0.05, 0.1) is 19.1 Å². The third-order valence-electron chi connectivity index (χ3n) is 2.68. The molecule has 0 aromatic carbocycles. The summed E-state index contributed by atoms with van der Waals surface area (Å²) in [5.41, 5.74) is 0.912. The molecule has 17 heavy (non-hydrogen) atoms. The maximum atomic E-state index is 9.59. The van der Waals surface area contributed by atoms with Crippen LogP contribution >= 0.6 is 0 Å². The van der Waals surface area contributed by atoms with Gasteiger partial charge in [-0.1, -0.05) is 13.0 Å². The van der Waals surface area contributed by atoms with Crippen molar-refractivity contribution in [1.29, 1.82) is 0 Å². The van der Waals surface area contributed by atoms with E-state index >= 15 is 0 Å². The van der Waals surface area contributed by atoms with E-state index in [-0.39, 0.29) is 12.5 Å². The van der Waals surface area contributed by atoms with Crippen molar-refractivity contribution in [3.05, 3.63) is 23.5 Å². The van der Waals surface area contributed by atoms with E-state index in [9.17, 15) is 10.2 Å². The van der Waals surface area contributed by atoms with Gasteiger partial charge in [-0.15, -0.1) is 0 Å². The molecule has 4 nitrogen and oxygen atoms in total. The van der Waals surface area contributed by atoms with Crippen LogP contribution in [-0.2, 0) is 9.47 Å². The first-order chi connectivity index (χ1) is 8.04. The normalized spacial score (nSPS) is 20.5. The van der Waals surface area contributed by atoms with Crippen molar-refractivity contribution in [3.63, 3.8) is 0 Å². The fourth-order valence-electron chi connectivity index (χ4n) is 1.94. The van der Waals surface area contributed by atoms with Gasteiger partial charge in [-0.05, 0) is 26.3 Å². The van der Waals surface area contributed by atoms with Crippen LogP contribution in [0.15, 0.2) is 23.5 Å². The molecule has 0 aliphatic heterocycles. The Labute approximate surface area is 103 Å². The molecule has 1 unspecified atom stereocenters. The summed E-state index contributed by atoms with van der Waals surface area (Å²) in [4.78, 5) is 0. The van der Waals surface area contributed by atoms with Crippen LogP contribution in [0, 0.1) is 0 Å². The van der Waals surface area contributed by atoms with Gasteiger partial charge >= 0.3 is 0 Å². The molecule has 0 spiro atoms. The molecule has 1 atom stereocenters. The topological polar surface area (TPSA) is 58.9 Å². The summed E-state index contributed by atoms with van der Waals surface area (Å²) in [6.45, 7) is 6.98. The average Bonchev–Trinajstić information content (AvgIpc) is 2.26. The fraction of sp³-hybridized carbons (Fsp3) is 0.692. The summed E-state index contributed by atoms with van der Waals surface area (Å²) in [7, 11) is 0. The Bertz CT molecular complexity index is 305. The maximum Gasteiger partial charge on any atom is 0.190 e. The lowest BCUT2D eigenvalue weighted by molar-refractivity contribution is -0.125. The van der Waals surface area contributed by atoms with Crippen molar-refractivity contribution in [1.82, 2.24) is 0 Å². The van der Waals surface area contributed by atoms with Gasteiger partial charge < -0.3 is 19.7 Å². The van der Waals surface area contributed by atoms with Crippen molar-refractivity contribution >= 4 is 0 Å². The third-order valence-corrected chi connectivity index (χ3v) is 2.68. The van der Waals surface area contributed by atoms with Gasteiger partial charge in [-0.25, -0.2) is 0 Å². The van der Waals surface area contributed by atoms with Gasteiger partial charge in [0.15, 0.2) is 5.79 Å². The van der Waals surface area contributed by atoms with E-state index < -0.39 is 5.79 Å². The van der Waals surface area contributed by atoms with Crippen molar-refractivity contribution < 1.29 is 19.7 Å². The van der Waals surface area contributed by atoms with E-state index in [1.165, 1.54) is 6.08 Å². The highest BCUT2D eigenvalue weighted by atomic mass is 16.5. The molecule has 2 N–H and O–H groups in total. The number of aliphatic hydroxyl groups is 2. The highest BCUT2D eigenvalue weighted by molar-refractivity contribution is 5.33. The highest BCUT2D eigenvalue weighted by Gasteiger charge is 2.30. The smallest absolute Gasteiger partial charge is 0.190 e. The number of ether oxygens (including phenoxy) is 2. The van der Waals surface area contributed by atoms with Crippen LogP contribution in [0.3, 0.4) is 0 Å². The largest absolute Gasteiger partial charge is 0.498 e. The molecule has 98 valence electrons. The quantitative estimate of drug-likeness (QED) is 0.696. The van der Waals surface area contributed by atoms with Crippen molar-refractivity contribution in [2.24, 2.45) is 0 Å². The van der Waals surface area contributed by atoms with Crippen molar-refractivity contribution in [3.8, 4) is 0 Å². The number of rotatable bonds is 6. The third kappa shape index (κ3) is 3.84. The Hall–Kier alpha value is -0.840. The predicted octanol–water partition coefficient (Wildman–Crippen LogP) is 1.73. The monoisotopic (exact) mass is 242 g/mol. The Balaban J connectivity index is 2.94. The summed E-state index contributed by atoms with van der Waals surface area (Å²) in [6.07, 6.45) is 3.93. The summed E-state index contributed by atoms with van der Waals surface area (Å²) in [5, 5.41) is 19.2. The first-order valence-corrected chi connectivity index (χ1v) is 6.15. The molecule has 0 aromatic rings. The number of hydrogen-bond acceptors (Lipinski definition) is 4. The standard InChI is InChI=1S/C13H22O4/c1-4-11(16-5-2)10-7-8-13(14,15)9-12(10)17-6-3/h7-8,11,14-15H,4-6,9H2,1-3H3. The van der Waals surface area contributed by atoms with Crippen molar-refractivity contribution in [2.75, 3.05) is 13.2 Å². The molecule has 4 heteroatoms. The zero-order valence-electron chi connectivity index (χ0n) is 10.8. The van der Waals surface area contributed by atoms with Gasteiger partial charge in [0.25, 0.3) is 0 Å². The molecule has 0 fully saturated rings. The molecule has 1 rings (SSSR count). The summed E-state index contributed by atoms with van der Waals surface area (Å²) in [6, 6.07) is 0. The van der Waals surface area contributed by atoms with Crippen LogP contribution in [-0.4, -0.2) is 35.3 Å². The lowest BCUT2D eigenvalue weighted by Gasteiger charge is -2.28. The van der Waals surface area contributed by atoms with E-state index in [0.717, 1.165) is 12.0 Å². The zero-order chi connectivity index (χ0) is 12.9. The van der Waals surface area contributed by atoms with Crippen LogP contribution in [0.25, 0.3) is 0 Å². The average molecular weight is 242 g/mol. The first-order valence-electron chi connectivity index (χ1n) is 6.15. The second-order valence-corrected chi connectivity index (χ2v) is 4.05. The van der Waals surface area contributed by atoms with E-state index in [0.29, 0.717) is 19.0 Å². The zero-order valence-corrected chi connectivity index (χ0v) is 10.8. The van der Waals surface area contributed by atoms with Crippen LogP contribution < -0.4 is 0 Å². The molecule has 0 saturated carbocycles. The summed E-state index contributed by atoms with van der Waals surface area (Å²) in [5.74, 6) is -1.20. The molecule has 0 amide bonds. The van der Waals surface area contributed by atoms with Crippen molar-refractivity contribution in [2.45, 2.75) is 45.5 Å². The van der Waals surface area contributed by atoms with Crippen LogP contribution in [0.1, 0.15) is 33.6 Å².